The molecule has 0 fully saturated rings. The minimum atomic E-state index is -4.93. The van der Waals surface area contributed by atoms with Crippen molar-refractivity contribution in [2.24, 2.45) is 0 Å². The third-order valence-electron chi connectivity index (χ3n) is 2.61. The maximum atomic E-state index is 13.9. The minimum Gasteiger partial charge on any atom is -0.508 e. The van der Waals surface area contributed by atoms with Crippen molar-refractivity contribution in [1.29, 1.82) is 0 Å². The number of ether oxygens (including phenoxy) is 1. The third kappa shape index (κ3) is 3.20. The smallest absolute Gasteiger partial charge is 0.508 e. The topological polar surface area (TPSA) is 29.5 Å². The molecular weight excluding hydrogens is 276 g/mol. The molecule has 0 saturated heterocycles. The van der Waals surface area contributed by atoms with Crippen LogP contribution in [0.3, 0.4) is 0 Å². The first-order valence-electron chi connectivity index (χ1n) is 5.61. The van der Waals surface area contributed by atoms with Gasteiger partial charge in [-0.2, -0.15) is 0 Å². The number of halogens is 4. The first-order chi connectivity index (χ1) is 9.26. The second kappa shape index (κ2) is 5.03. The van der Waals surface area contributed by atoms with E-state index in [0.29, 0.717) is 5.56 Å². The average molecular weight is 286 g/mol. The van der Waals surface area contributed by atoms with E-state index in [2.05, 4.69) is 4.74 Å². The maximum Gasteiger partial charge on any atom is 0.573 e. The van der Waals surface area contributed by atoms with Crippen molar-refractivity contribution in [1.82, 2.24) is 0 Å². The van der Waals surface area contributed by atoms with Crippen LogP contribution in [0, 0.1) is 12.7 Å². The zero-order valence-electron chi connectivity index (χ0n) is 10.3. The fourth-order valence-electron chi connectivity index (χ4n) is 1.78. The van der Waals surface area contributed by atoms with E-state index < -0.39 is 23.7 Å². The Morgan fingerprint density at radius 1 is 1.00 bits per heavy atom. The standard InChI is InChI=1S/C14H10F4O2/c1-8-2-4-10(12(15)6-8)11-5-3-9(19)7-13(11)20-14(16,17)18/h2-7,19H,1H3. The maximum absolute atomic E-state index is 13.9. The number of rotatable bonds is 2. The zero-order chi connectivity index (χ0) is 14.9. The Hall–Kier alpha value is -2.24. The second-order valence-corrected chi connectivity index (χ2v) is 4.21. The lowest BCUT2D eigenvalue weighted by molar-refractivity contribution is -0.274. The number of hydrogen-bond acceptors (Lipinski definition) is 2. The Balaban J connectivity index is 2.55. The van der Waals surface area contributed by atoms with Crippen LogP contribution < -0.4 is 4.74 Å². The fraction of sp³-hybridized carbons (Fsp3) is 0.143. The minimum absolute atomic E-state index is 0.0325. The molecule has 0 amide bonds. The van der Waals surface area contributed by atoms with Gasteiger partial charge in [-0.25, -0.2) is 4.39 Å². The summed E-state index contributed by atoms with van der Waals surface area (Å²) in [6, 6.07) is 7.27. The summed E-state index contributed by atoms with van der Waals surface area (Å²) < 4.78 is 54.7. The van der Waals surface area contributed by atoms with Crippen LogP contribution in [0.1, 0.15) is 5.56 Å². The van der Waals surface area contributed by atoms with Crippen LogP contribution >= 0.6 is 0 Å². The van der Waals surface area contributed by atoms with Crippen molar-refractivity contribution in [3.63, 3.8) is 0 Å². The van der Waals surface area contributed by atoms with Crippen molar-refractivity contribution in [2.45, 2.75) is 13.3 Å². The molecule has 2 nitrogen and oxygen atoms in total. The first kappa shape index (κ1) is 14.2. The highest BCUT2D eigenvalue weighted by molar-refractivity contribution is 5.72. The van der Waals surface area contributed by atoms with Crippen molar-refractivity contribution >= 4 is 0 Å². The lowest BCUT2D eigenvalue weighted by Crippen LogP contribution is -2.17. The summed E-state index contributed by atoms with van der Waals surface area (Å²) in [5.41, 5.74) is 0.524. The van der Waals surface area contributed by atoms with E-state index in [1.165, 1.54) is 18.2 Å². The van der Waals surface area contributed by atoms with E-state index in [9.17, 15) is 22.7 Å². The Labute approximate surface area is 112 Å². The lowest BCUT2D eigenvalue weighted by atomic mass is 10.0. The molecule has 0 atom stereocenters. The number of benzene rings is 2. The van der Waals surface area contributed by atoms with Crippen LogP contribution in [0.5, 0.6) is 11.5 Å². The van der Waals surface area contributed by atoms with E-state index in [1.807, 2.05) is 0 Å². The fourth-order valence-corrected chi connectivity index (χ4v) is 1.78. The summed E-state index contributed by atoms with van der Waals surface area (Å²) in [4.78, 5) is 0. The van der Waals surface area contributed by atoms with Gasteiger partial charge in [0.15, 0.2) is 0 Å². The molecule has 0 aliphatic rings. The number of phenolic OH excluding ortho intramolecular Hbond substituents is 1. The molecule has 0 aromatic heterocycles. The predicted octanol–water partition coefficient (Wildman–Crippen LogP) is 4.41. The van der Waals surface area contributed by atoms with Crippen LogP contribution in [0.25, 0.3) is 11.1 Å². The molecule has 0 aliphatic heterocycles. The molecular formula is C14H10F4O2. The van der Waals surface area contributed by atoms with Gasteiger partial charge in [-0.15, -0.1) is 13.2 Å². The van der Waals surface area contributed by atoms with Gasteiger partial charge in [0.2, 0.25) is 0 Å². The molecule has 0 unspecified atom stereocenters. The molecule has 20 heavy (non-hydrogen) atoms. The van der Waals surface area contributed by atoms with Gasteiger partial charge in [0.1, 0.15) is 17.3 Å². The Morgan fingerprint density at radius 3 is 2.25 bits per heavy atom. The molecule has 2 aromatic carbocycles. The molecule has 0 saturated carbocycles. The molecule has 1 N–H and O–H groups in total. The summed E-state index contributed by atoms with van der Waals surface area (Å²) in [5.74, 6) is -1.72. The summed E-state index contributed by atoms with van der Waals surface area (Å²) in [6.45, 7) is 1.66. The SMILES string of the molecule is Cc1ccc(-c2ccc(O)cc2OC(F)(F)F)c(F)c1. The van der Waals surface area contributed by atoms with Crippen LogP contribution in [0.15, 0.2) is 36.4 Å². The molecule has 2 aromatic rings. The van der Waals surface area contributed by atoms with Gasteiger partial charge in [-0.3, -0.25) is 0 Å². The Morgan fingerprint density at radius 2 is 1.65 bits per heavy atom. The summed E-state index contributed by atoms with van der Waals surface area (Å²) in [6.07, 6.45) is -4.93. The van der Waals surface area contributed by atoms with E-state index >= 15 is 0 Å². The van der Waals surface area contributed by atoms with Crippen LogP contribution in [-0.2, 0) is 0 Å². The number of aromatic hydroxyl groups is 1. The normalized spacial score (nSPS) is 11.4. The van der Waals surface area contributed by atoms with Crippen molar-refractivity contribution in [3.05, 3.63) is 47.8 Å². The number of hydrogen-bond donors (Lipinski definition) is 1. The van der Waals surface area contributed by atoms with Crippen molar-refractivity contribution in [3.8, 4) is 22.6 Å². The Kier molecular flexibility index (Phi) is 3.57. The molecule has 0 bridgehead atoms. The molecule has 0 aliphatic carbocycles. The highest BCUT2D eigenvalue weighted by Gasteiger charge is 2.32. The summed E-state index contributed by atoms with van der Waals surface area (Å²) in [5, 5.41) is 9.25. The molecule has 0 heterocycles. The van der Waals surface area contributed by atoms with E-state index in [4.69, 9.17) is 0 Å². The highest BCUT2D eigenvalue weighted by atomic mass is 19.4. The Bertz CT molecular complexity index is 636. The van der Waals surface area contributed by atoms with Crippen LogP contribution in [0.4, 0.5) is 17.6 Å². The number of aryl methyl sites for hydroxylation is 1. The van der Waals surface area contributed by atoms with Gasteiger partial charge in [0.05, 0.1) is 0 Å². The quantitative estimate of drug-likeness (QED) is 0.829. The average Bonchev–Trinajstić information content (AvgIpc) is 2.28. The summed E-state index contributed by atoms with van der Waals surface area (Å²) in [7, 11) is 0. The zero-order valence-corrected chi connectivity index (χ0v) is 10.3. The van der Waals surface area contributed by atoms with Crippen molar-refractivity contribution < 1.29 is 27.4 Å². The predicted molar refractivity (Wildman–Crippen MR) is 64.9 cm³/mol. The number of alkyl halides is 3. The molecule has 0 spiro atoms. The van der Waals surface area contributed by atoms with Gasteiger partial charge >= 0.3 is 6.36 Å². The second-order valence-electron chi connectivity index (χ2n) is 4.21. The lowest BCUT2D eigenvalue weighted by Gasteiger charge is -2.14. The molecule has 106 valence electrons. The van der Waals surface area contributed by atoms with E-state index in [0.717, 1.165) is 12.1 Å². The molecule has 6 heteroatoms. The van der Waals surface area contributed by atoms with Crippen molar-refractivity contribution in [2.75, 3.05) is 0 Å². The van der Waals surface area contributed by atoms with Gasteiger partial charge in [0.25, 0.3) is 0 Å². The van der Waals surface area contributed by atoms with Gasteiger partial charge in [0, 0.05) is 17.2 Å². The third-order valence-corrected chi connectivity index (χ3v) is 2.61. The van der Waals surface area contributed by atoms with Gasteiger partial charge in [-0.05, 0) is 30.7 Å². The molecule has 0 radical (unpaired) electrons. The van der Waals surface area contributed by atoms with Crippen LogP contribution in [0.2, 0.25) is 0 Å². The van der Waals surface area contributed by atoms with Crippen LogP contribution in [-0.4, -0.2) is 11.5 Å². The van der Waals surface area contributed by atoms with E-state index in [1.54, 1.807) is 13.0 Å². The monoisotopic (exact) mass is 286 g/mol. The summed E-state index contributed by atoms with van der Waals surface area (Å²) >= 11 is 0. The highest BCUT2D eigenvalue weighted by Crippen LogP contribution is 2.37. The largest absolute Gasteiger partial charge is 0.573 e. The number of phenols is 1. The first-order valence-corrected chi connectivity index (χ1v) is 5.61. The van der Waals surface area contributed by atoms with E-state index in [-0.39, 0.29) is 11.1 Å². The molecule has 2 rings (SSSR count). The van der Waals surface area contributed by atoms with Gasteiger partial charge < -0.3 is 9.84 Å². The van der Waals surface area contributed by atoms with Gasteiger partial charge in [-0.1, -0.05) is 12.1 Å².